The number of aromatic nitrogens is 3. The van der Waals surface area contributed by atoms with Gasteiger partial charge < -0.3 is 14.7 Å². The average molecular weight is 306 g/mol. The summed E-state index contributed by atoms with van der Waals surface area (Å²) in [6.45, 7) is 0.584. The van der Waals surface area contributed by atoms with Crippen molar-refractivity contribution in [2.45, 2.75) is 6.54 Å². The minimum Gasteiger partial charge on any atom is -0.467 e. The molecule has 114 valence electrons. The zero-order valence-corrected chi connectivity index (χ0v) is 12.2. The molecule has 0 atom stereocenters. The second-order valence-electron chi connectivity index (χ2n) is 5.30. The minimum absolute atomic E-state index is 0.436. The van der Waals surface area contributed by atoms with E-state index >= 15 is 0 Å². The molecule has 0 aliphatic rings. The molecule has 0 spiro atoms. The number of benzene rings is 1. The van der Waals surface area contributed by atoms with E-state index in [-0.39, 0.29) is 0 Å². The first-order valence-corrected chi connectivity index (χ1v) is 7.17. The predicted molar refractivity (Wildman–Crippen MR) is 85.8 cm³/mol. The molecule has 0 bridgehead atoms. The summed E-state index contributed by atoms with van der Waals surface area (Å²) in [7, 11) is 0. The number of hydrogen-bond donors (Lipinski definition) is 2. The summed E-state index contributed by atoms with van der Waals surface area (Å²) in [4.78, 5) is 11.4. The van der Waals surface area contributed by atoms with Crippen LogP contribution in [0.2, 0.25) is 0 Å². The summed E-state index contributed by atoms with van der Waals surface area (Å²) in [6, 6.07) is 13.1. The summed E-state index contributed by atoms with van der Waals surface area (Å²) in [5.41, 5.74) is 8.73. The third-order valence-electron chi connectivity index (χ3n) is 3.86. The van der Waals surface area contributed by atoms with Crippen LogP contribution in [-0.4, -0.2) is 20.7 Å². The lowest BCUT2D eigenvalue weighted by atomic mass is 10.1. The highest BCUT2D eigenvalue weighted by molar-refractivity contribution is 5.98. The van der Waals surface area contributed by atoms with E-state index in [0.717, 1.165) is 28.1 Å². The number of carbonyl (C=O) groups is 1. The Balaban J connectivity index is 1.92. The maximum Gasteiger partial charge on any atom is 0.248 e. The number of rotatable bonds is 4. The lowest BCUT2D eigenvalue weighted by Gasteiger charge is -2.08. The van der Waals surface area contributed by atoms with Crippen LogP contribution in [0.15, 0.2) is 59.3 Å². The normalized spacial score (nSPS) is 11.1. The molecule has 0 fully saturated rings. The van der Waals surface area contributed by atoms with Gasteiger partial charge in [0.05, 0.1) is 24.2 Å². The van der Waals surface area contributed by atoms with Gasteiger partial charge in [0.15, 0.2) is 0 Å². The van der Waals surface area contributed by atoms with Crippen molar-refractivity contribution in [3.8, 4) is 11.4 Å². The fourth-order valence-electron chi connectivity index (χ4n) is 2.77. The van der Waals surface area contributed by atoms with Crippen molar-refractivity contribution in [1.82, 2.24) is 14.8 Å². The Hall–Kier alpha value is -3.28. The smallest absolute Gasteiger partial charge is 0.248 e. The second kappa shape index (κ2) is 5.17. The summed E-state index contributed by atoms with van der Waals surface area (Å²) in [5.74, 6) is 0.413. The highest BCUT2D eigenvalue weighted by atomic mass is 16.3. The number of nitrogens with one attached hydrogen (secondary N) is 1. The topological polar surface area (TPSA) is 89.8 Å². The summed E-state index contributed by atoms with van der Waals surface area (Å²) in [6.07, 6.45) is 3.36. The van der Waals surface area contributed by atoms with E-state index in [1.807, 2.05) is 30.3 Å². The summed E-state index contributed by atoms with van der Waals surface area (Å²) < 4.78 is 7.59. The van der Waals surface area contributed by atoms with Crippen molar-refractivity contribution in [2.75, 3.05) is 0 Å². The standard InChI is InChI=1S/C17H14N4O2/c18-17(22)11-3-4-15-12(8-11)9-16(14-5-6-19-20-14)21(15)10-13-2-1-7-23-13/h1-9H,10H2,(H2,18,22)(H,19,20). The van der Waals surface area contributed by atoms with Gasteiger partial charge in [-0.2, -0.15) is 5.10 Å². The molecule has 4 aromatic rings. The summed E-state index contributed by atoms with van der Waals surface area (Å²) in [5, 5.41) is 7.94. The van der Waals surface area contributed by atoms with Crippen molar-refractivity contribution < 1.29 is 9.21 Å². The Morgan fingerprint density at radius 3 is 2.87 bits per heavy atom. The number of carbonyl (C=O) groups excluding carboxylic acids is 1. The van der Waals surface area contributed by atoms with Crippen LogP contribution >= 0.6 is 0 Å². The molecule has 0 aliphatic carbocycles. The largest absolute Gasteiger partial charge is 0.467 e. The summed E-state index contributed by atoms with van der Waals surface area (Å²) >= 11 is 0. The first-order chi connectivity index (χ1) is 11.2. The molecule has 3 heterocycles. The van der Waals surface area contributed by atoms with Gasteiger partial charge in [-0.05, 0) is 42.5 Å². The van der Waals surface area contributed by atoms with Crippen LogP contribution in [0.5, 0.6) is 0 Å². The number of hydrogen-bond acceptors (Lipinski definition) is 3. The fourth-order valence-corrected chi connectivity index (χ4v) is 2.77. The van der Waals surface area contributed by atoms with E-state index in [1.165, 1.54) is 0 Å². The Labute approximate surface area is 131 Å². The molecule has 3 aromatic heterocycles. The first-order valence-electron chi connectivity index (χ1n) is 7.17. The van der Waals surface area contributed by atoms with Gasteiger partial charge in [-0.3, -0.25) is 9.89 Å². The van der Waals surface area contributed by atoms with Crippen molar-refractivity contribution in [3.05, 3.63) is 66.2 Å². The molecule has 6 nitrogen and oxygen atoms in total. The Bertz CT molecular complexity index is 966. The van der Waals surface area contributed by atoms with Crippen LogP contribution in [0.3, 0.4) is 0 Å². The van der Waals surface area contributed by atoms with Crippen molar-refractivity contribution >= 4 is 16.8 Å². The Morgan fingerprint density at radius 2 is 2.17 bits per heavy atom. The maximum atomic E-state index is 11.4. The molecule has 0 aliphatic heterocycles. The highest BCUT2D eigenvalue weighted by Gasteiger charge is 2.14. The van der Waals surface area contributed by atoms with Gasteiger partial charge in [-0.15, -0.1) is 0 Å². The van der Waals surface area contributed by atoms with Crippen LogP contribution in [0.1, 0.15) is 16.1 Å². The molecule has 0 unspecified atom stereocenters. The van der Waals surface area contributed by atoms with E-state index < -0.39 is 5.91 Å². The van der Waals surface area contributed by atoms with E-state index in [2.05, 4.69) is 14.8 Å². The van der Waals surface area contributed by atoms with Crippen molar-refractivity contribution in [1.29, 1.82) is 0 Å². The van der Waals surface area contributed by atoms with Crippen molar-refractivity contribution in [3.63, 3.8) is 0 Å². The molecular formula is C17H14N4O2. The fraction of sp³-hybridized carbons (Fsp3) is 0.0588. The van der Waals surface area contributed by atoms with Gasteiger partial charge in [0.2, 0.25) is 5.91 Å². The predicted octanol–water partition coefficient (Wildman–Crippen LogP) is 2.77. The molecule has 4 rings (SSSR count). The molecule has 3 N–H and O–H groups in total. The number of furan rings is 1. The first kappa shape index (κ1) is 13.4. The maximum absolute atomic E-state index is 11.4. The van der Waals surface area contributed by atoms with E-state index in [0.29, 0.717) is 12.1 Å². The second-order valence-corrected chi connectivity index (χ2v) is 5.30. The van der Waals surface area contributed by atoms with Gasteiger partial charge in [0.25, 0.3) is 0 Å². The molecule has 0 radical (unpaired) electrons. The molecule has 23 heavy (non-hydrogen) atoms. The third kappa shape index (κ3) is 2.30. The average Bonchev–Trinajstić information content (AvgIpc) is 3.28. The number of amides is 1. The Morgan fingerprint density at radius 1 is 1.26 bits per heavy atom. The third-order valence-corrected chi connectivity index (χ3v) is 3.86. The van der Waals surface area contributed by atoms with E-state index in [1.54, 1.807) is 24.6 Å². The zero-order chi connectivity index (χ0) is 15.8. The molecular weight excluding hydrogens is 292 g/mol. The molecule has 0 saturated carbocycles. The molecule has 1 amide bonds. The van der Waals surface area contributed by atoms with Crippen LogP contribution in [0.25, 0.3) is 22.3 Å². The minimum atomic E-state index is -0.436. The van der Waals surface area contributed by atoms with Crippen LogP contribution in [-0.2, 0) is 6.54 Å². The van der Waals surface area contributed by atoms with Gasteiger partial charge in [-0.1, -0.05) is 0 Å². The van der Waals surface area contributed by atoms with Gasteiger partial charge in [0.1, 0.15) is 5.76 Å². The van der Waals surface area contributed by atoms with E-state index in [9.17, 15) is 4.79 Å². The molecule has 0 saturated heterocycles. The number of H-pyrrole nitrogens is 1. The molecule has 1 aromatic carbocycles. The van der Waals surface area contributed by atoms with Crippen LogP contribution < -0.4 is 5.73 Å². The number of nitrogens with zero attached hydrogens (tertiary/aromatic N) is 2. The van der Waals surface area contributed by atoms with Crippen LogP contribution in [0.4, 0.5) is 0 Å². The molecule has 6 heteroatoms. The van der Waals surface area contributed by atoms with Gasteiger partial charge >= 0.3 is 0 Å². The number of aromatic amines is 1. The van der Waals surface area contributed by atoms with Gasteiger partial charge in [-0.25, -0.2) is 0 Å². The monoisotopic (exact) mass is 306 g/mol. The zero-order valence-electron chi connectivity index (χ0n) is 12.2. The number of primary amides is 1. The van der Waals surface area contributed by atoms with Gasteiger partial charge in [0, 0.05) is 22.7 Å². The SMILES string of the molecule is NC(=O)c1ccc2c(c1)cc(-c1ccn[nH]1)n2Cc1ccco1. The lowest BCUT2D eigenvalue weighted by Crippen LogP contribution is -2.10. The Kier molecular flexibility index (Phi) is 3.01. The highest BCUT2D eigenvalue weighted by Crippen LogP contribution is 2.28. The van der Waals surface area contributed by atoms with E-state index in [4.69, 9.17) is 10.2 Å². The lowest BCUT2D eigenvalue weighted by molar-refractivity contribution is 0.100. The van der Waals surface area contributed by atoms with Crippen LogP contribution in [0, 0.1) is 0 Å². The quantitative estimate of drug-likeness (QED) is 0.607. The van der Waals surface area contributed by atoms with Crippen molar-refractivity contribution in [2.24, 2.45) is 5.73 Å². The number of nitrogens with two attached hydrogens (primary N) is 1. The number of fused-ring (bicyclic) bond motifs is 1.